The Morgan fingerprint density at radius 2 is 0.756 bits per heavy atom. The lowest BCUT2D eigenvalue weighted by Crippen LogP contribution is -2.41. The summed E-state index contributed by atoms with van der Waals surface area (Å²) in [6.07, 6.45) is -4.85. The number of hydrogen-bond donors (Lipinski definition) is 0. The molecule has 0 saturated heterocycles. The molecule has 2 bridgehead atoms. The number of allylic oxidation sites excluding steroid dienone is 2. The Balaban J connectivity index is 1.60. The Bertz CT molecular complexity index is 1710. The van der Waals surface area contributed by atoms with Gasteiger partial charge in [-0.05, 0) is 56.4 Å². The van der Waals surface area contributed by atoms with E-state index in [0.717, 1.165) is 59.7 Å². The van der Waals surface area contributed by atoms with Gasteiger partial charge in [-0.3, -0.25) is 0 Å². The van der Waals surface area contributed by atoms with E-state index in [4.69, 9.17) is 0 Å². The molecule has 0 N–H and O–H groups in total. The minimum Gasteiger partial charge on any atom is -0.313 e. The van der Waals surface area contributed by atoms with Crippen LogP contribution in [0.3, 0.4) is 0 Å². The number of hydrogen-bond acceptors (Lipinski definition) is 2. The second-order valence-electron chi connectivity index (χ2n) is 12.0. The Hall–Kier alpha value is -3.34. The molecule has 234 valence electrons. The lowest BCUT2D eigenvalue weighted by Gasteiger charge is -2.40. The van der Waals surface area contributed by atoms with Gasteiger partial charge in [0.15, 0.2) is 0 Å². The molecule has 0 amide bonds. The van der Waals surface area contributed by atoms with Crippen molar-refractivity contribution in [2.45, 2.75) is 43.9 Å². The first-order valence-corrected chi connectivity index (χ1v) is 18.1. The number of aryl methyl sites for hydroxylation is 2. The summed E-state index contributed by atoms with van der Waals surface area (Å²) in [6, 6.07) is 22.7. The van der Waals surface area contributed by atoms with Crippen LogP contribution in [-0.4, -0.2) is 11.3 Å². The summed E-state index contributed by atoms with van der Waals surface area (Å²) in [6.45, 7) is 3.82. The summed E-state index contributed by atoms with van der Waals surface area (Å²) in [4.78, 5) is 0. The Morgan fingerprint density at radius 3 is 1.02 bits per heavy atom. The van der Waals surface area contributed by atoms with Gasteiger partial charge in [0.05, 0.1) is 11.1 Å². The third-order valence-electron chi connectivity index (χ3n) is 9.21. The molecular weight excluding hydrogens is 628 g/mol. The van der Waals surface area contributed by atoms with Gasteiger partial charge in [0.25, 0.3) is 0 Å². The molecule has 4 aromatic carbocycles. The molecular formula is C35H30F6O2P2. The highest BCUT2D eigenvalue weighted by Crippen LogP contribution is 2.70. The van der Waals surface area contributed by atoms with Crippen molar-refractivity contribution in [1.82, 2.24) is 0 Å². The molecule has 2 aliphatic carbocycles. The number of halogens is 6. The quantitative estimate of drug-likeness (QED) is 0.118. The molecule has 0 unspecified atom stereocenters. The summed E-state index contributed by atoms with van der Waals surface area (Å²) in [5, 5.41) is 1.31. The molecule has 4 aromatic rings. The molecule has 4 atom stereocenters. The first-order chi connectivity index (χ1) is 21.1. The van der Waals surface area contributed by atoms with Crippen molar-refractivity contribution in [2.75, 3.05) is 0 Å². The first kappa shape index (κ1) is 31.6. The number of benzene rings is 4. The summed E-state index contributed by atoms with van der Waals surface area (Å²) in [5.41, 5.74) is -1.50. The van der Waals surface area contributed by atoms with Gasteiger partial charge in [-0.25, -0.2) is 0 Å². The van der Waals surface area contributed by atoms with Gasteiger partial charge in [0, 0.05) is 32.5 Å². The molecule has 10 heteroatoms. The predicted molar refractivity (Wildman–Crippen MR) is 167 cm³/mol. The van der Waals surface area contributed by atoms with Crippen molar-refractivity contribution in [3.05, 3.63) is 131 Å². The van der Waals surface area contributed by atoms with Crippen LogP contribution in [0.5, 0.6) is 0 Å². The van der Waals surface area contributed by atoms with Crippen molar-refractivity contribution < 1.29 is 35.5 Å². The van der Waals surface area contributed by atoms with E-state index in [9.17, 15) is 26.3 Å². The summed E-state index contributed by atoms with van der Waals surface area (Å²) >= 11 is 0. The van der Waals surface area contributed by atoms with E-state index in [1.54, 1.807) is 0 Å². The van der Waals surface area contributed by atoms with E-state index >= 15 is 9.13 Å². The molecule has 0 aromatic heterocycles. The average Bonchev–Trinajstić information content (AvgIpc) is 3.63. The molecule has 1 fully saturated rings. The van der Waals surface area contributed by atoms with Gasteiger partial charge in [-0.2, -0.15) is 26.3 Å². The van der Waals surface area contributed by atoms with Crippen molar-refractivity contribution in [1.29, 1.82) is 0 Å². The zero-order chi connectivity index (χ0) is 32.4. The fraction of sp³-hybridized carbons (Fsp3) is 0.257. The predicted octanol–water partition coefficient (Wildman–Crippen LogP) is 8.61. The smallest absolute Gasteiger partial charge is 0.313 e. The molecule has 45 heavy (non-hydrogen) atoms. The van der Waals surface area contributed by atoms with Gasteiger partial charge in [-0.15, -0.1) is 0 Å². The number of fused-ring (bicyclic) bond motifs is 2. The maximum absolute atomic E-state index is 15.9. The van der Waals surface area contributed by atoms with Crippen LogP contribution in [0.1, 0.15) is 28.7 Å². The van der Waals surface area contributed by atoms with E-state index in [-0.39, 0.29) is 22.4 Å². The molecule has 2 aliphatic rings. The monoisotopic (exact) mass is 658 g/mol. The molecule has 6 rings (SSSR count). The maximum Gasteiger partial charge on any atom is 0.416 e. The van der Waals surface area contributed by atoms with Crippen LogP contribution in [0.4, 0.5) is 26.3 Å². The van der Waals surface area contributed by atoms with E-state index in [0.29, 0.717) is 17.0 Å². The fourth-order valence-corrected chi connectivity index (χ4v) is 15.3. The van der Waals surface area contributed by atoms with Crippen LogP contribution in [0, 0.1) is 25.7 Å². The minimum absolute atomic E-state index is 0.0885. The third-order valence-corrected chi connectivity index (χ3v) is 16.8. The van der Waals surface area contributed by atoms with Crippen LogP contribution in [0.15, 0.2) is 109 Å². The lowest BCUT2D eigenvalue weighted by atomic mass is 10.1. The van der Waals surface area contributed by atoms with Gasteiger partial charge < -0.3 is 9.13 Å². The highest BCUT2D eigenvalue weighted by Gasteiger charge is 2.60. The van der Waals surface area contributed by atoms with Gasteiger partial charge in [0.1, 0.15) is 14.3 Å². The fourth-order valence-electron chi connectivity index (χ4n) is 7.00. The molecule has 0 heterocycles. The zero-order valence-corrected chi connectivity index (χ0v) is 26.2. The van der Waals surface area contributed by atoms with E-state index in [1.165, 1.54) is 0 Å². The van der Waals surface area contributed by atoms with Gasteiger partial charge in [-0.1, -0.05) is 96.1 Å². The SMILES string of the molecule is Cc1ccc(P(=O)(c2ccc(C)cc2)[C@@H]2[C@@H](P(=O)(c3ccc(C(F)(F)F)cc3)c3ccc(C(F)(F)F)cc3)[C@H]3C=C[C@@H]2C3)cc1. The van der Waals surface area contributed by atoms with E-state index in [2.05, 4.69) is 0 Å². The van der Waals surface area contributed by atoms with Crippen molar-refractivity contribution in [3.8, 4) is 0 Å². The number of rotatable bonds is 6. The second-order valence-corrected chi connectivity index (χ2v) is 17.9. The van der Waals surface area contributed by atoms with Crippen LogP contribution >= 0.6 is 14.3 Å². The van der Waals surface area contributed by atoms with Crippen molar-refractivity contribution in [2.24, 2.45) is 11.8 Å². The summed E-state index contributed by atoms with van der Waals surface area (Å²) in [5.74, 6) is -0.606. The van der Waals surface area contributed by atoms with Gasteiger partial charge >= 0.3 is 12.4 Å². The topological polar surface area (TPSA) is 34.1 Å². The number of alkyl halides is 6. The minimum atomic E-state index is -4.64. The van der Waals surface area contributed by atoms with Crippen molar-refractivity contribution in [3.63, 3.8) is 0 Å². The van der Waals surface area contributed by atoms with E-state index < -0.39 is 49.1 Å². The average molecular weight is 659 g/mol. The van der Waals surface area contributed by atoms with Crippen LogP contribution in [0.25, 0.3) is 0 Å². The van der Waals surface area contributed by atoms with Crippen LogP contribution < -0.4 is 21.2 Å². The largest absolute Gasteiger partial charge is 0.416 e. The molecule has 0 radical (unpaired) electrons. The zero-order valence-electron chi connectivity index (χ0n) is 24.4. The third kappa shape index (κ3) is 5.44. The molecule has 0 aliphatic heterocycles. The summed E-state index contributed by atoms with van der Waals surface area (Å²) < 4.78 is 113. The highest BCUT2D eigenvalue weighted by atomic mass is 31.2. The second kappa shape index (κ2) is 11.2. The normalized spacial score (nSPS) is 21.8. The van der Waals surface area contributed by atoms with Crippen LogP contribution in [-0.2, 0) is 21.5 Å². The Kier molecular flexibility index (Phi) is 7.85. The molecule has 0 spiro atoms. The molecule has 2 nitrogen and oxygen atoms in total. The lowest BCUT2D eigenvalue weighted by molar-refractivity contribution is -0.138. The van der Waals surface area contributed by atoms with E-state index in [1.807, 2.05) is 74.5 Å². The Morgan fingerprint density at radius 1 is 0.489 bits per heavy atom. The van der Waals surface area contributed by atoms with Crippen molar-refractivity contribution >= 4 is 35.5 Å². The van der Waals surface area contributed by atoms with Crippen LogP contribution in [0.2, 0.25) is 0 Å². The maximum atomic E-state index is 15.9. The Labute approximate surface area is 257 Å². The standard InChI is InChI=1S/C35H30F6O2P2/c1-22-3-13-28(14-4-22)44(42,29-15-5-23(2)6-16-29)32-24-7-8-25(21-24)33(32)45(43,30-17-9-26(10-18-30)34(36,37)38)31-19-11-27(12-20-31)35(39,40)41/h3-20,24-25,32-33H,21H2,1-2H3/t24-,25+,32+,33+/m1/s1. The van der Waals surface area contributed by atoms with Gasteiger partial charge in [0.2, 0.25) is 0 Å². The first-order valence-electron chi connectivity index (χ1n) is 14.5. The summed E-state index contributed by atoms with van der Waals surface area (Å²) in [7, 11) is -7.63. The molecule has 1 saturated carbocycles. The highest BCUT2D eigenvalue weighted by molar-refractivity contribution is 7.83.